The van der Waals surface area contributed by atoms with E-state index in [0.29, 0.717) is 18.8 Å². The molecule has 0 aromatic heterocycles. The molecule has 80 valence electrons. The van der Waals surface area contributed by atoms with E-state index < -0.39 is 5.97 Å². The lowest BCUT2D eigenvalue weighted by Crippen LogP contribution is -2.14. The molecule has 4 nitrogen and oxygen atoms in total. The van der Waals surface area contributed by atoms with Gasteiger partial charge in [-0.05, 0) is 19.4 Å². The van der Waals surface area contributed by atoms with Crippen molar-refractivity contribution in [1.82, 2.24) is 0 Å². The molecule has 0 aromatic carbocycles. The van der Waals surface area contributed by atoms with Crippen molar-refractivity contribution in [2.24, 2.45) is 0 Å². The van der Waals surface area contributed by atoms with Crippen molar-refractivity contribution < 1.29 is 19.1 Å². The first-order valence-electron chi connectivity index (χ1n) is 4.50. The van der Waals surface area contributed by atoms with Gasteiger partial charge in [-0.3, -0.25) is 9.59 Å². The van der Waals surface area contributed by atoms with E-state index in [-0.39, 0.29) is 18.8 Å². The Bertz CT molecular complexity index is 220. The van der Waals surface area contributed by atoms with Gasteiger partial charge >= 0.3 is 5.97 Å². The van der Waals surface area contributed by atoms with Crippen LogP contribution in [0.2, 0.25) is 0 Å². The third-order valence-corrected chi connectivity index (χ3v) is 1.48. The average Bonchev–Trinajstić information content (AvgIpc) is 2.12. The molecule has 0 heterocycles. The molecule has 0 aliphatic heterocycles. The molecule has 0 atom stereocenters. The number of ether oxygens (including phenoxy) is 2. The Morgan fingerprint density at radius 2 is 1.93 bits per heavy atom. The third-order valence-electron chi connectivity index (χ3n) is 1.48. The fourth-order valence-corrected chi connectivity index (χ4v) is 0.692. The van der Waals surface area contributed by atoms with Crippen LogP contribution in [0.15, 0.2) is 12.2 Å². The molecule has 0 aliphatic carbocycles. The van der Waals surface area contributed by atoms with Gasteiger partial charge in [0.2, 0.25) is 0 Å². The van der Waals surface area contributed by atoms with Crippen LogP contribution in [0.25, 0.3) is 0 Å². The standard InChI is InChI=1S/C10H16O4/c1-4-13-5-6-14-10(12)7-9(11)8(2)3/h2,4-7H2,1,3H3. The van der Waals surface area contributed by atoms with Gasteiger partial charge in [0.15, 0.2) is 5.78 Å². The summed E-state index contributed by atoms with van der Waals surface area (Å²) in [5.41, 5.74) is 0.367. The largest absolute Gasteiger partial charge is 0.463 e. The highest BCUT2D eigenvalue weighted by Crippen LogP contribution is 1.97. The number of Topliss-reactive ketones (excluding diaryl/α,β-unsaturated/α-hetero) is 1. The van der Waals surface area contributed by atoms with E-state index in [2.05, 4.69) is 6.58 Å². The molecule has 0 amide bonds. The summed E-state index contributed by atoms with van der Waals surface area (Å²) in [5.74, 6) is -0.816. The van der Waals surface area contributed by atoms with Crippen molar-refractivity contribution in [1.29, 1.82) is 0 Å². The van der Waals surface area contributed by atoms with E-state index >= 15 is 0 Å². The van der Waals surface area contributed by atoms with Crippen LogP contribution in [-0.4, -0.2) is 31.6 Å². The van der Waals surface area contributed by atoms with Crippen LogP contribution in [0.5, 0.6) is 0 Å². The van der Waals surface area contributed by atoms with Crippen LogP contribution < -0.4 is 0 Å². The maximum Gasteiger partial charge on any atom is 0.313 e. The second-order valence-corrected chi connectivity index (χ2v) is 2.80. The summed E-state index contributed by atoms with van der Waals surface area (Å²) in [5, 5.41) is 0. The molecule has 0 rings (SSSR count). The molecule has 0 fully saturated rings. The van der Waals surface area contributed by atoms with Crippen LogP contribution in [0.4, 0.5) is 0 Å². The van der Waals surface area contributed by atoms with Gasteiger partial charge in [-0.2, -0.15) is 0 Å². The monoisotopic (exact) mass is 200 g/mol. The highest BCUT2D eigenvalue weighted by molar-refractivity contribution is 6.04. The van der Waals surface area contributed by atoms with Crippen molar-refractivity contribution in [3.8, 4) is 0 Å². The van der Waals surface area contributed by atoms with Crippen molar-refractivity contribution in [3.63, 3.8) is 0 Å². The minimum absolute atomic E-state index is 0.191. The molecule has 4 heteroatoms. The van der Waals surface area contributed by atoms with Crippen molar-refractivity contribution in [2.45, 2.75) is 20.3 Å². The minimum Gasteiger partial charge on any atom is -0.463 e. The molecular weight excluding hydrogens is 184 g/mol. The van der Waals surface area contributed by atoms with Gasteiger partial charge in [-0.15, -0.1) is 0 Å². The van der Waals surface area contributed by atoms with Crippen molar-refractivity contribution in [2.75, 3.05) is 19.8 Å². The summed E-state index contributed by atoms with van der Waals surface area (Å²) in [6.07, 6.45) is -0.235. The molecule has 0 saturated heterocycles. The lowest BCUT2D eigenvalue weighted by atomic mass is 10.2. The maximum absolute atomic E-state index is 11.0. The zero-order valence-corrected chi connectivity index (χ0v) is 8.67. The Labute approximate surface area is 83.9 Å². The van der Waals surface area contributed by atoms with Gasteiger partial charge in [0.1, 0.15) is 13.0 Å². The Kier molecular flexibility index (Phi) is 6.66. The van der Waals surface area contributed by atoms with Crippen LogP contribution in [0.1, 0.15) is 20.3 Å². The van der Waals surface area contributed by atoms with E-state index in [1.165, 1.54) is 0 Å². The number of carbonyl (C=O) groups is 2. The van der Waals surface area contributed by atoms with Crippen molar-refractivity contribution in [3.05, 3.63) is 12.2 Å². The number of carbonyl (C=O) groups excluding carboxylic acids is 2. The smallest absolute Gasteiger partial charge is 0.313 e. The Balaban J connectivity index is 3.56. The summed E-state index contributed by atoms with van der Waals surface area (Å²) in [6.45, 7) is 8.00. The van der Waals surface area contributed by atoms with Crippen LogP contribution in [0.3, 0.4) is 0 Å². The highest BCUT2D eigenvalue weighted by Gasteiger charge is 2.10. The molecule has 14 heavy (non-hydrogen) atoms. The van der Waals surface area contributed by atoms with E-state index in [4.69, 9.17) is 9.47 Å². The Morgan fingerprint density at radius 3 is 2.43 bits per heavy atom. The van der Waals surface area contributed by atoms with Gasteiger partial charge in [0, 0.05) is 6.61 Å². The Morgan fingerprint density at radius 1 is 1.29 bits per heavy atom. The molecule has 0 N–H and O–H groups in total. The molecule has 0 aromatic rings. The van der Waals surface area contributed by atoms with Crippen LogP contribution in [-0.2, 0) is 19.1 Å². The second kappa shape index (κ2) is 7.26. The predicted molar refractivity (Wildman–Crippen MR) is 51.9 cm³/mol. The lowest BCUT2D eigenvalue weighted by Gasteiger charge is -2.03. The third kappa shape index (κ3) is 6.37. The number of rotatable bonds is 7. The second-order valence-electron chi connectivity index (χ2n) is 2.80. The molecule has 0 spiro atoms. The van der Waals surface area contributed by atoms with E-state index in [1.54, 1.807) is 6.92 Å². The number of ketones is 1. The van der Waals surface area contributed by atoms with Gasteiger partial charge in [0.05, 0.1) is 6.61 Å². The van der Waals surface area contributed by atoms with Crippen LogP contribution in [0, 0.1) is 0 Å². The Hall–Kier alpha value is -1.16. The molecule has 0 radical (unpaired) electrons. The van der Waals surface area contributed by atoms with Crippen LogP contribution >= 0.6 is 0 Å². The van der Waals surface area contributed by atoms with Gasteiger partial charge < -0.3 is 9.47 Å². The van der Waals surface area contributed by atoms with E-state index in [9.17, 15) is 9.59 Å². The summed E-state index contributed by atoms with van der Waals surface area (Å²) in [4.78, 5) is 22.0. The molecule has 0 unspecified atom stereocenters. The van der Waals surface area contributed by atoms with Gasteiger partial charge in [0.25, 0.3) is 0 Å². The summed E-state index contributed by atoms with van der Waals surface area (Å²) in [6, 6.07) is 0. The van der Waals surface area contributed by atoms with E-state index in [1.807, 2.05) is 6.92 Å². The predicted octanol–water partition coefficient (Wildman–Crippen LogP) is 1.10. The fourth-order valence-electron chi connectivity index (χ4n) is 0.692. The van der Waals surface area contributed by atoms with Gasteiger partial charge in [-0.1, -0.05) is 6.58 Å². The quantitative estimate of drug-likeness (QED) is 0.267. The zero-order chi connectivity index (χ0) is 11.0. The maximum atomic E-state index is 11.0. The number of allylic oxidation sites excluding steroid dienone is 1. The summed E-state index contributed by atoms with van der Waals surface area (Å²) < 4.78 is 9.70. The first-order chi connectivity index (χ1) is 6.57. The zero-order valence-electron chi connectivity index (χ0n) is 8.67. The number of esters is 1. The van der Waals surface area contributed by atoms with E-state index in [0.717, 1.165) is 0 Å². The number of hydrogen-bond acceptors (Lipinski definition) is 4. The average molecular weight is 200 g/mol. The number of hydrogen-bond donors (Lipinski definition) is 0. The topological polar surface area (TPSA) is 52.6 Å². The minimum atomic E-state index is -0.530. The lowest BCUT2D eigenvalue weighted by molar-refractivity contribution is -0.146. The first kappa shape index (κ1) is 12.8. The molecule has 0 aliphatic rings. The normalized spacial score (nSPS) is 9.57. The molecular formula is C10H16O4. The summed E-state index contributed by atoms with van der Waals surface area (Å²) >= 11 is 0. The first-order valence-corrected chi connectivity index (χ1v) is 4.50. The van der Waals surface area contributed by atoms with Gasteiger partial charge in [-0.25, -0.2) is 0 Å². The SMILES string of the molecule is C=C(C)C(=O)CC(=O)OCCOCC. The fraction of sp³-hybridized carbons (Fsp3) is 0.600. The molecule has 0 saturated carbocycles. The highest BCUT2D eigenvalue weighted by atomic mass is 16.6. The summed E-state index contributed by atoms with van der Waals surface area (Å²) in [7, 11) is 0. The van der Waals surface area contributed by atoms with Crippen molar-refractivity contribution >= 4 is 11.8 Å². The molecule has 0 bridgehead atoms.